The first-order valence-electron chi connectivity index (χ1n) is 9.27. The molecular formula is C21H25NO3S2. The molecule has 0 aromatic heterocycles. The summed E-state index contributed by atoms with van der Waals surface area (Å²) in [7, 11) is -3.91. The number of hydrogen-bond acceptors (Lipinski definition) is 5. The molecule has 6 heteroatoms. The smallest absolute Gasteiger partial charge is 0.264 e. The van der Waals surface area contributed by atoms with Crippen LogP contribution in [0, 0.1) is 19.8 Å². The van der Waals surface area contributed by atoms with Gasteiger partial charge in [0.1, 0.15) is 9.94 Å². The molecule has 2 aromatic carbocycles. The number of aryl methyl sites for hydroxylation is 2. The van der Waals surface area contributed by atoms with Crippen LogP contribution in [0.15, 0.2) is 63.5 Å². The van der Waals surface area contributed by atoms with E-state index in [2.05, 4.69) is 5.16 Å². The lowest BCUT2D eigenvalue weighted by atomic mass is 9.90. The van der Waals surface area contributed by atoms with Crippen LogP contribution in [0.2, 0.25) is 0 Å². The fourth-order valence-electron chi connectivity index (χ4n) is 3.09. The van der Waals surface area contributed by atoms with E-state index in [-0.39, 0.29) is 10.8 Å². The topological polar surface area (TPSA) is 55.7 Å². The van der Waals surface area contributed by atoms with Crippen molar-refractivity contribution in [2.45, 2.75) is 55.7 Å². The maximum atomic E-state index is 12.5. The second-order valence-corrected chi connectivity index (χ2v) is 9.64. The van der Waals surface area contributed by atoms with E-state index in [1.54, 1.807) is 24.3 Å². The van der Waals surface area contributed by atoms with Gasteiger partial charge in [-0.15, -0.1) is 0 Å². The summed E-state index contributed by atoms with van der Waals surface area (Å²) < 4.78 is 30.1. The molecule has 0 bridgehead atoms. The number of oxime groups is 1. The Hall–Kier alpha value is -1.79. The van der Waals surface area contributed by atoms with Gasteiger partial charge in [0.05, 0.1) is 0 Å². The highest BCUT2D eigenvalue weighted by molar-refractivity contribution is 8.14. The highest BCUT2D eigenvalue weighted by Gasteiger charge is 2.23. The van der Waals surface area contributed by atoms with Gasteiger partial charge < -0.3 is 0 Å². The largest absolute Gasteiger partial charge is 0.358 e. The van der Waals surface area contributed by atoms with Crippen molar-refractivity contribution in [3.63, 3.8) is 0 Å². The van der Waals surface area contributed by atoms with Crippen molar-refractivity contribution in [2.75, 3.05) is 0 Å². The van der Waals surface area contributed by atoms with Gasteiger partial charge in [-0.25, -0.2) is 0 Å². The van der Waals surface area contributed by atoms with Crippen LogP contribution in [-0.2, 0) is 14.4 Å². The summed E-state index contributed by atoms with van der Waals surface area (Å²) >= 11 is 1.50. The maximum Gasteiger partial charge on any atom is 0.358 e. The molecule has 2 aromatic rings. The molecule has 4 nitrogen and oxygen atoms in total. The summed E-state index contributed by atoms with van der Waals surface area (Å²) in [5.74, 6) is 0.248. The van der Waals surface area contributed by atoms with Gasteiger partial charge in [0.25, 0.3) is 0 Å². The van der Waals surface area contributed by atoms with Crippen molar-refractivity contribution in [3.8, 4) is 0 Å². The van der Waals surface area contributed by atoms with Gasteiger partial charge in [-0.05, 0) is 51.0 Å². The highest BCUT2D eigenvalue weighted by Crippen LogP contribution is 2.33. The Labute approximate surface area is 166 Å². The molecule has 3 rings (SSSR count). The van der Waals surface area contributed by atoms with E-state index in [1.165, 1.54) is 23.7 Å². The van der Waals surface area contributed by atoms with Crippen molar-refractivity contribution in [3.05, 3.63) is 59.7 Å². The van der Waals surface area contributed by atoms with Crippen LogP contribution in [0.4, 0.5) is 0 Å². The molecule has 0 unspecified atom stereocenters. The Kier molecular flexibility index (Phi) is 6.60. The highest BCUT2D eigenvalue weighted by atomic mass is 32.2. The number of rotatable bonds is 5. The first-order valence-corrected chi connectivity index (χ1v) is 11.5. The number of hydrogen-bond donors (Lipinski definition) is 0. The third kappa shape index (κ3) is 5.59. The van der Waals surface area contributed by atoms with Crippen LogP contribution in [-0.4, -0.2) is 13.5 Å². The van der Waals surface area contributed by atoms with Crippen LogP contribution in [0.1, 0.15) is 43.2 Å². The average molecular weight is 404 g/mol. The summed E-state index contributed by atoms with van der Waals surface area (Å²) in [6.45, 7) is 3.96. The molecule has 1 aliphatic rings. The fourth-order valence-corrected chi connectivity index (χ4v) is 4.86. The Balaban J connectivity index is 1.82. The maximum absolute atomic E-state index is 12.5. The van der Waals surface area contributed by atoms with Crippen molar-refractivity contribution < 1.29 is 12.7 Å². The van der Waals surface area contributed by atoms with Crippen molar-refractivity contribution >= 4 is 26.9 Å². The molecule has 0 aliphatic heterocycles. The minimum atomic E-state index is -3.91. The van der Waals surface area contributed by atoms with Gasteiger partial charge in [0.2, 0.25) is 0 Å². The van der Waals surface area contributed by atoms with Gasteiger partial charge >= 0.3 is 10.1 Å². The molecule has 27 heavy (non-hydrogen) atoms. The lowest BCUT2D eigenvalue weighted by Gasteiger charge is -2.22. The summed E-state index contributed by atoms with van der Waals surface area (Å²) in [6, 6.07) is 14.8. The van der Waals surface area contributed by atoms with E-state index in [9.17, 15) is 8.42 Å². The number of nitrogens with zero attached hydrogens (tertiary/aromatic N) is 1. The normalized spacial score (nSPS) is 16.3. The fraction of sp³-hybridized carbons (Fsp3) is 0.381. The van der Waals surface area contributed by atoms with Gasteiger partial charge in [-0.1, -0.05) is 71.6 Å². The minimum absolute atomic E-state index is 0.125. The van der Waals surface area contributed by atoms with Crippen molar-refractivity contribution in [2.24, 2.45) is 11.1 Å². The Morgan fingerprint density at radius 3 is 2.07 bits per heavy atom. The van der Waals surface area contributed by atoms with E-state index < -0.39 is 10.1 Å². The summed E-state index contributed by atoms with van der Waals surface area (Å²) in [4.78, 5) is 1.17. The van der Waals surface area contributed by atoms with Crippen LogP contribution < -0.4 is 0 Å². The summed E-state index contributed by atoms with van der Waals surface area (Å²) in [5.41, 5.74) is 2.18. The number of benzene rings is 2. The summed E-state index contributed by atoms with van der Waals surface area (Å²) in [6.07, 6.45) is 5.55. The second kappa shape index (κ2) is 8.93. The van der Waals surface area contributed by atoms with Crippen molar-refractivity contribution in [1.82, 2.24) is 0 Å². The SMILES string of the molecule is Cc1ccc(S/C(=N\OS(=O)(=O)c2ccc(C)cc2)C2CCCCC2)cc1. The molecule has 0 spiro atoms. The van der Waals surface area contributed by atoms with Crippen molar-refractivity contribution in [1.29, 1.82) is 0 Å². The van der Waals surface area contributed by atoms with E-state index in [0.29, 0.717) is 0 Å². The predicted octanol–water partition coefficient (Wildman–Crippen LogP) is 5.69. The molecule has 0 saturated heterocycles. The zero-order chi connectivity index (χ0) is 19.3. The van der Waals surface area contributed by atoms with Crippen LogP contribution >= 0.6 is 11.8 Å². The molecule has 0 atom stereocenters. The number of thioether (sulfide) groups is 1. The standard InChI is InChI=1S/C21H25NO3S2/c1-16-8-12-19(13-9-16)26-21(18-6-4-3-5-7-18)22-25-27(23,24)20-14-10-17(2)11-15-20/h8-15,18H,3-7H2,1-2H3/b22-21-. The minimum Gasteiger partial charge on any atom is -0.264 e. The van der Waals surface area contributed by atoms with E-state index in [0.717, 1.165) is 41.2 Å². The van der Waals surface area contributed by atoms with Crippen LogP contribution in [0.3, 0.4) is 0 Å². The van der Waals surface area contributed by atoms with Gasteiger partial charge in [-0.2, -0.15) is 8.42 Å². The molecule has 144 valence electrons. The Morgan fingerprint density at radius 1 is 0.926 bits per heavy atom. The van der Waals surface area contributed by atoms with Gasteiger partial charge in [-0.3, -0.25) is 4.28 Å². The Bertz CT molecular complexity index is 882. The average Bonchev–Trinajstić information content (AvgIpc) is 2.68. The molecule has 1 saturated carbocycles. The van der Waals surface area contributed by atoms with Crippen LogP contribution in [0.25, 0.3) is 0 Å². The molecule has 0 amide bonds. The zero-order valence-electron chi connectivity index (χ0n) is 15.7. The molecule has 0 heterocycles. The lowest BCUT2D eigenvalue weighted by molar-refractivity contribution is 0.332. The molecule has 0 radical (unpaired) electrons. The third-order valence-electron chi connectivity index (χ3n) is 4.73. The molecule has 1 fully saturated rings. The van der Waals surface area contributed by atoms with E-state index in [4.69, 9.17) is 4.28 Å². The van der Waals surface area contributed by atoms with Gasteiger partial charge in [0.15, 0.2) is 0 Å². The van der Waals surface area contributed by atoms with E-state index in [1.807, 2.05) is 38.1 Å². The zero-order valence-corrected chi connectivity index (χ0v) is 17.4. The first-order chi connectivity index (χ1) is 12.9. The third-order valence-corrected chi connectivity index (χ3v) is 6.98. The molecule has 1 aliphatic carbocycles. The Morgan fingerprint density at radius 2 is 1.48 bits per heavy atom. The first kappa shape index (κ1) is 20.0. The second-order valence-electron chi connectivity index (χ2n) is 7.02. The van der Waals surface area contributed by atoms with E-state index >= 15 is 0 Å². The lowest BCUT2D eigenvalue weighted by Crippen LogP contribution is -2.16. The predicted molar refractivity (Wildman–Crippen MR) is 110 cm³/mol. The van der Waals surface area contributed by atoms with Gasteiger partial charge in [0, 0.05) is 10.8 Å². The summed E-state index contributed by atoms with van der Waals surface area (Å²) in [5, 5.41) is 4.87. The monoisotopic (exact) mass is 403 g/mol. The quantitative estimate of drug-likeness (QED) is 0.278. The van der Waals surface area contributed by atoms with Crippen LogP contribution in [0.5, 0.6) is 0 Å². The molecular weight excluding hydrogens is 378 g/mol. The molecule has 0 N–H and O–H groups in total.